The SMILES string of the molecule is Cc1cc(C2(c3ccc(O)c(C)c3)c3cc(O)ccc3-c3ccc(O)cc32)ccc1O. The molecule has 4 aromatic carbocycles. The van der Waals surface area contributed by atoms with Crippen molar-refractivity contribution in [3.63, 3.8) is 0 Å². The average molecular weight is 410 g/mol. The van der Waals surface area contributed by atoms with Crippen LogP contribution in [-0.4, -0.2) is 20.4 Å². The van der Waals surface area contributed by atoms with Crippen LogP contribution in [0.25, 0.3) is 11.1 Å². The van der Waals surface area contributed by atoms with Crippen LogP contribution in [-0.2, 0) is 5.41 Å². The number of rotatable bonds is 2. The Bertz CT molecular complexity index is 1250. The minimum atomic E-state index is -0.848. The second-order valence-corrected chi connectivity index (χ2v) is 8.21. The third-order valence-corrected chi connectivity index (χ3v) is 6.36. The maximum absolute atomic E-state index is 10.4. The van der Waals surface area contributed by atoms with Crippen molar-refractivity contribution in [1.29, 1.82) is 0 Å². The molecule has 0 amide bonds. The van der Waals surface area contributed by atoms with E-state index < -0.39 is 5.41 Å². The zero-order valence-corrected chi connectivity index (χ0v) is 17.2. The number of benzene rings is 4. The van der Waals surface area contributed by atoms with Crippen molar-refractivity contribution in [2.45, 2.75) is 19.3 Å². The molecular formula is C27H22O4. The van der Waals surface area contributed by atoms with Crippen LogP contribution in [0.1, 0.15) is 33.4 Å². The zero-order chi connectivity index (χ0) is 21.9. The van der Waals surface area contributed by atoms with E-state index in [9.17, 15) is 20.4 Å². The Morgan fingerprint density at radius 3 is 1.32 bits per heavy atom. The first kappa shape index (κ1) is 19.1. The van der Waals surface area contributed by atoms with Crippen molar-refractivity contribution in [3.05, 3.63) is 106 Å². The maximum atomic E-state index is 10.4. The summed E-state index contributed by atoms with van der Waals surface area (Å²) in [7, 11) is 0. The molecule has 1 aliphatic carbocycles. The van der Waals surface area contributed by atoms with Crippen molar-refractivity contribution < 1.29 is 20.4 Å². The number of fused-ring (bicyclic) bond motifs is 3. The van der Waals surface area contributed by atoms with Crippen LogP contribution in [0.3, 0.4) is 0 Å². The van der Waals surface area contributed by atoms with E-state index in [1.165, 1.54) is 0 Å². The van der Waals surface area contributed by atoms with Crippen molar-refractivity contribution in [3.8, 4) is 34.1 Å². The molecule has 4 nitrogen and oxygen atoms in total. The molecule has 0 fully saturated rings. The number of phenolic OH excluding ortho intramolecular Hbond substituents is 4. The molecule has 0 radical (unpaired) electrons. The van der Waals surface area contributed by atoms with E-state index in [0.29, 0.717) is 0 Å². The summed E-state index contributed by atoms with van der Waals surface area (Å²) in [5.74, 6) is 0.689. The van der Waals surface area contributed by atoms with Crippen LogP contribution in [0.15, 0.2) is 72.8 Å². The molecule has 0 bridgehead atoms. The van der Waals surface area contributed by atoms with Gasteiger partial charge in [-0.1, -0.05) is 36.4 Å². The quantitative estimate of drug-likeness (QED) is 0.310. The molecule has 0 heterocycles. The minimum absolute atomic E-state index is 0.145. The molecular weight excluding hydrogens is 388 g/mol. The van der Waals surface area contributed by atoms with Crippen LogP contribution < -0.4 is 0 Å². The molecule has 0 atom stereocenters. The molecule has 0 aromatic heterocycles. The van der Waals surface area contributed by atoms with E-state index in [1.807, 2.05) is 50.2 Å². The molecule has 4 N–H and O–H groups in total. The number of phenols is 4. The van der Waals surface area contributed by atoms with Crippen LogP contribution in [0.2, 0.25) is 0 Å². The van der Waals surface area contributed by atoms with Crippen molar-refractivity contribution in [1.82, 2.24) is 0 Å². The monoisotopic (exact) mass is 410 g/mol. The Hall–Kier alpha value is -3.92. The molecule has 31 heavy (non-hydrogen) atoms. The molecule has 1 aliphatic rings. The van der Waals surface area contributed by atoms with E-state index in [4.69, 9.17) is 0 Å². The normalized spacial score (nSPS) is 13.6. The highest BCUT2D eigenvalue weighted by atomic mass is 16.3. The predicted molar refractivity (Wildman–Crippen MR) is 120 cm³/mol. The van der Waals surface area contributed by atoms with Crippen LogP contribution >= 0.6 is 0 Å². The number of hydrogen-bond donors (Lipinski definition) is 4. The van der Waals surface area contributed by atoms with E-state index in [-0.39, 0.29) is 23.0 Å². The Balaban J connectivity index is 2.00. The first-order chi connectivity index (χ1) is 14.8. The molecule has 0 saturated heterocycles. The lowest BCUT2D eigenvalue weighted by Crippen LogP contribution is -2.28. The summed E-state index contributed by atoms with van der Waals surface area (Å²) in [6, 6.07) is 21.6. The van der Waals surface area contributed by atoms with Crippen molar-refractivity contribution in [2.24, 2.45) is 0 Å². The fraction of sp³-hybridized carbons (Fsp3) is 0.111. The second-order valence-electron chi connectivity index (χ2n) is 8.21. The molecule has 154 valence electrons. The molecule has 0 unspecified atom stereocenters. The summed E-state index contributed by atoms with van der Waals surface area (Å²) < 4.78 is 0. The fourth-order valence-corrected chi connectivity index (χ4v) is 4.87. The highest BCUT2D eigenvalue weighted by Gasteiger charge is 2.47. The van der Waals surface area contributed by atoms with E-state index in [2.05, 4.69) is 0 Å². The van der Waals surface area contributed by atoms with Gasteiger partial charge in [0.1, 0.15) is 23.0 Å². The predicted octanol–water partition coefficient (Wildman–Crippen LogP) is 5.49. The molecule has 0 aliphatic heterocycles. The average Bonchev–Trinajstić information content (AvgIpc) is 3.01. The first-order valence-corrected chi connectivity index (χ1v) is 10.1. The summed E-state index contributed by atoms with van der Waals surface area (Å²) in [6.07, 6.45) is 0. The van der Waals surface area contributed by atoms with Gasteiger partial charge >= 0.3 is 0 Å². The third-order valence-electron chi connectivity index (χ3n) is 6.36. The van der Waals surface area contributed by atoms with Crippen molar-refractivity contribution in [2.75, 3.05) is 0 Å². The van der Waals surface area contributed by atoms with Gasteiger partial charge in [-0.25, -0.2) is 0 Å². The topological polar surface area (TPSA) is 80.9 Å². The van der Waals surface area contributed by atoms with Gasteiger partial charge in [0, 0.05) is 0 Å². The number of aryl methyl sites for hydroxylation is 2. The van der Waals surface area contributed by atoms with Gasteiger partial charge < -0.3 is 20.4 Å². The van der Waals surface area contributed by atoms with Gasteiger partial charge in [0.2, 0.25) is 0 Å². The first-order valence-electron chi connectivity index (χ1n) is 10.1. The Kier molecular flexibility index (Phi) is 4.02. The van der Waals surface area contributed by atoms with Gasteiger partial charge in [-0.15, -0.1) is 0 Å². The van der Waals surface area contributed by atoms with Crippen LogP contribution in [0, 0.1) is 13.8 Å². The largest absolute Gasteiger partial charge is 0.508 e. The van der Waals surface area contributed by atoms with Gasteiger partial charge in [0.25, 0.3) is 0 Å². The Morgan fingerprint density at radius 2 is 0.935 bits per heavy atom. The fourth-order valence-electron chi connectivity index (χ4n) is 4.87. The summed E-state index contributed by atoms with van der Waals surface area (Å²) in [5, 5.41) is 41.2. The lowest BCUT2D eigenvalue weighted by molar-refractivity contribution is 0.468. The van der Waals surface area contributed by atoms with E-state index in [0.717, 1.165) is 44.5 Å². The highest BCUT2D eigenvalue weighted by molar-refractivity contribution is 5.87. The summed E-state index contributed by atoms with van der Waals surface area (Å²) in [5.41, 5.74) is 6.07. The van der Waals surface area contributed by atoms with Crippen LogP contribution in [0.4, 0.5) is 0 Å². The molecule has 0 spiro atoms. The number of hydrogen-bond acceptors (Lipinski definition) is 4. The van der Waals surface area contributed by atoms with Gasteiger partial charge in [-0.05, 0) is 94.8 Å². The maximum Gasteiger partial charge on any atom is 0.118 e. The van der Waals surface area contributed by atoms with E-state index in [1.54, 1.807) is 36.4 Å². The third kappa shape index (κ3) is 2.61. The zero-order valence-electron chi connectivity index (χ0n) is 17.2. The lowest BCUT2D eigenvalue weighted by Gasteiger charge is -2.34. The second kappa shape index (κ2) is 6.54. The summed E-state index contributed by atoms with van der Waals surface area (Å²) in [6.45, 7) is 3.69. The lowest BCUT2D eigenvalue weighted by atomic mass is 9.67. The van der Waals surface area contributed by atoms with Gasteiger partial charge in [0.05, 0.1) is 5.41 Å². The van der Waals surface area contributed by atoms with Crippen molar-refractivity contribution >= 4 is 0 Å². The number of aromatic hydroxyl groups is 4. The van der Waals surface area contributed by atoms with Gasteiger partial charge in [-0.3, -0.25) is 0 Å². The molecule has 4 aromatic rings. The Labute approximate surface area is 180 Å². The van der Waals surface area contributed by atoms with Gasteiger partial charge in [-0.2, -0.15) is 0 Å². The highest BCUT2D eigenvalue weighted by Crippen LogP contribution is 2.57. The molecule has 5 rings (SSSR count). The molecule has 0 saturated carbocycles. The Morgan fingerprint density at radius 1 is 0.516 bits per heavy atom. The summed E-state index contributed by atoms with van der Waals surface area (Å²) in [4.78, 5) is 0. The van der Waals surface area contributed by atoms with Gasteiger partial charge in [0.15, 0.2) is 0 Å². The van der Waals surface area contributed by atoms with E-state index >= 15 is 0 Å². The molecule has 4 heteroatoms. The van der Waals surface area contributed by atoms with Crippen LogP contribution in [0.5, 0.6) is 23.0 Å². The summed E-state index contributed by atoms with van der Waals surface area (Å²) >= 11 is 0. The standard InChI is InChI=1S/C27H22O4/c1-15-11-17(3-9-25(15)30)27(18-4-10-26(31)16(2)12-18)23-13-19(28)5-7-21(23)22-8-6-20(29)14-24(22)27/h3-14,28-31H,1-2H3. The smallest absolute Gasteiger partial charge is 0.118 e. The minimum Gasteiger partial charge on any atom is -0.508 e.